The largest absolute Gasteiger partial charge is 0.488 e. The van der Waals surface area contributed by atoms with Crippen molar-refractivity contribution >= 4 is 29.2 Å². The highest BCUT2D eigenvalue weighted by atomic mass is 35.5. The van der Waals surface area contributed by atoms with Crippen molar-refractivity contribution in [3.05, 3.63) is 63.6 Å². The molecule has 0 aliphatic carbocycles. The van der Waals surface area contributed by atoms with Gasteiger partial charge in [0.15, 0.2) is 0 Å². The van der Waals surface area contributed by atoms with E-state index in [4.69, 9.17) is 32.7 Å². The van der Waals surface area contributed by atoms with E-state index in [0.717, 1.165) is 5.56 Å². The Bertz CT molecular complexity index is 626. The van der Waals surface area contributed by atoms with Gasteiger partial charge in [-0.25, -0.2) is 4.79 Å². The standard InChI is InChI=1S/C15H12Cl2O3/c1-19-15(18)12-8-11(16)6-7-14(12)20-9-10-4-2-3-5-13(10)17/h2-8H,9H2,1H3. The molecule has 0 spiro atoms. The number of carbonyl (C=O) groups excluding carboxylic acids is 1. The molecule has 5 heteroatoms. The lowest BCUT2D eigenvalue weighted by atomic mass is 10.2. The Morgan fingerprint density at radius 1 is 1.15 bits per heavy atom. The monoisotopic (exact) mass is 310 g/mol. The summed E-state index contributed by atoms with van der Waals surface area (Å²) in [6, 6.07) is 12.1. The molecule has 0 atom stereocenters. The van der Waals surface area contributed by atoms with Crippen LogP contribution in [0.1, 0.15) is 15.9 Å². The Morgan fingerprint density at radius 3 is 2.60 bits per heavy atom. The van der Waals surface area contributed by atoms with Gasteiger partial charge in [0.1, 0.15) is 17.9 Å². The van der Waals surface area contributed by atoms with Crippen LogP contribution >= 0.6 is 23.2 Å². The first-order valence-corrected chi connectivity index (χ1v) is 6.61. The molecule has 0 unspecified atom stereocenters. The maximum Gasteiger partial charge on any atom is 0.341 e. The predicted octanol–water partition coefficient (Wildman–Crippen LogP) is 4.36. The van der Waals surface area contributed by atoms with Gasteiger partial charge in [0.25, 0.3) is 0 Å². The van der Waals surface area contributed by atoms with Crippen molar-refractivity contribution in [3.63, 3.8) is 0 Å². The third-order valence-electron chi connectivity index (χ3n) is 2.69. The lowest BCUT2D eigenvalue weighted by Gasteiger charge is -2.11. The van der Waals surface area contributed by atoms with Crippen LogP contribution in [-0.2, 0) is 11.3 Å². The maximum absolute atomic E-state index is 11.7. The molecule has 20 heavy (non-hydrogen) atoms. The van der Waals surface area contributed by atoms with Gasteiger partial charge >= 0.3 is 5.97 Å². The molecule has 0 saturated heterocycles. The number of carbonyl (C=O) groups is 1. The van der Waals surface area contributed by atoms with Crippen LogP contribution < -0.4 is 4.74 Å². The van der Waals surface area contributed by atoms with E-state index in [0.29, 0.717) is 15.8 Å². The highest BCUT2D eigenvalue weighted by molar-refractivity contribution is 6.31. The Hall–Kier alpha value is -1.71. The molecule has 0 heterocycles. The molecule has 0 radical (unpaired) electrons. The van der Waals surface area contributed by atoms with E-state index in [1.807, 2.05) is 18.2 Å². The molecule has 2 rings (SSSR count). The van der Waals surface area contributed by atoms with Gasteiger partial charge in [-0.15, -0.1) is 0 Å². The van der Waals surface area contributed by atoms with Gasteiger partial charge in [0.05, 0.1) is 7.11 Å². The second kappa shape index (κ2) is 6.64. The molecule has 0 aromatic heterocycles. The molecule has 2 aromatic carbocycles. The van der Waals surface area contributed by atoms with E-state index in [1.165, 1.54) is 13.2 Å². The average molecular weight is 311 g/mol. The van der Waals surface area contributed by atoms with Crippen molar-refractivity contribution in [2.45, 2.75) is 6.61 Å². The molecule has 104 valence electrons. The fourth-order valence-corrected chi connectivity index (χ4v) is 2.03. The molecule has 2 aromatic rings. The summed E-state index contributed by atoms with van der Waals surface area (Å²) in [5, 5.41) is 1.05. The van der Waals surface area contributed by atoms with Crippen LogP contribution in [0, 0.1) is 0 Å². The number of methoxy groups -OCH3 is 1. The quantitative estimate of drug-likeness (QED) is 0.787. The van der Waals surface area contributed by atoms with Gasteiger partial charge < -0.3 is 9.47 Å². The Balaban J connectivity index is 2.21. The summed E-state index contributed by atoms with van der Waals surface area (Å²) in [5.74, 6) is -0.0946. The molecular formula is C15H12Cl2O3. The van der Waals surface area contributed by atoms with Crippen LogP contribution in [0.25, 0.3) is 0 Å². The fourth-order valence-electron chi connectivity index (χ4n) is 1.67. The average Bonchev–Trinajstić information content (AvgIpc) is 2.46. The third-order valence-corrected chi connectivity index (χ3v) is 3.29. The number of ether oxygens (including phenoxy) is 2. The number of rotatable bonds is 4. The van der Waals surface area contributed by atoms with Crippen LogP contribution in [0.15, 0.2) is 42.5 Å². The zero-order chi connectivity index (χ0) is 14.5. The van der Waals surface area contributed by atoms with Gasteiger partial charge in [0.2, 0.25) is 0 Å². The molecule has 0 aliphatic rings. The molecule has 0 N–H and O–H groups in total. The second-order valence-corrected chi connectivity index (χ2v) is 4.86. The summed E-state index contributed by atoms with van der Waals surface area (Å²) in [6.07, 6.45) is 0. The molecule has 0 bridgehead atoms. The van der Waals surface area contributed by atoms with Gasteiger partial charge in [-0.1, -0.05) is 41.4 Å². The van der Waals surface area contributed by atoms with Crippen LogP contribution in [0.2, 0.25) is 10.0 Å². The Labute approximate surface area is 127 Å². The van der Waals surface area contributed by atoms with Crippen molar-refractivity contribution < 1.29 is 14.3 Å². The molecule has 0 aliphatic heterocycles. The van der Waals surface area contributed by atoms with E-state index in [9.17, 15) is 4.79 Å². The maximum atomic E-state index is 11.7. The summed E-state index contributed by atoms with van der Waals surface area (Å²) >= 11 is 11.9. The van der Waals surface area contributed by atoms with E-state index < -0.39 is 5.97 Å². The highest BCUT2D eigenvalue weighted by Gasteiger charge is 2.14. The normalized spacial score (nSPS) is 10.2. The van der Waals surface area contributed by atoms with Crippen molar-refractivity contribution in [2.75, 3.05) is 7.11 Å². The van der Waals surface area contributed by atoms with Crippen molar-refractivity contribution in [1.82, 2.24) is 0 Å². The van der Waals surface area contributed by atoms with E-state index >= 15 is 0 Å². The van der Waals surface area contributed by atoms with Gasteiger partial charge in [-0.2, -0.15) is 0 Å². The van der Waals surface area contributed by atoms with Crippen molar-refractivity contribution in [3.8, 4) is 5.75 Å². The molecule has 3 nitrogen and oxygen atoms in total. The van der Waals surface area contributed by atoms with E-state index in [1.54, 1.807) is 18.2 Å². The molecule has 0 saturated carbocycles. The molecule has 0 fully saturated rings. The minimum Gasteiger partial charge on any atom is -0.488 e. The van der Waals surface area contributed by atoms with Crippen molar-refractivity contribution in [1.29, 1.82) is 0 Å². The number of halogens is 2. The highest BCUT2D eigenvalue weighted by Crippen LogP contribution is 2.25. The van der Waals surface area contributed by atoms with Gasteiger partial charge in [0, 0.05) is 15.6 Å². The lowest BCUT2D eigenvalue weighted by Crippen LogP contribution is -2.06. The summed E-state index contributed by atoms with van der Waals surface area (Å²) in [7, 11) is 1.31. The van der Waals surface area contributed by atoms with E-state index in [-0.39, 0.29) is 12.2 Å². The first-order valence-electron chi connectivity index (χ1n) is 5.86. The zero-order valence-electron chi connectivity index (χ0n) is 10.7. The van der Waals surface area contributed by atoms with Crippen LogP contribution in [0.5, 0.6) is 5.75 Å². The third kappa shape index (κ3) is 3.44. The Morgan fingerprint density at radius 2 is 1.90 bits per heavy atom. The number of esters is 1. The summed E-state index contributed by atoms with van der Waals surface area (Å²) < 4.78 is 10.3. The summed E-state index contributed by atoms with van der Waals surface area (Å²) in [6.45, 7) is 0.255. The lowest BCUT2D eigenvalue weighted by molar-refractivity contribution is 0.0595. The first kappa shape index (κ1) is 14.7. The van der Waals surface area contributed by atoms with Crippen molar-refractivity contribution in [2.24, 2.45) is 0 Å². The Kier molecular flexibility index (Phi) is 4.88. The second-order valence-electron chi connectivity index (χ2n) is 4.01. The smallest absolute Gasteiger partial charge is 0.341 e. The summed E-state index contributed by atoms with van der Waals surface area (Å²) in [5.41, 5.74) is 1.12. The number of hydrogen-bond donors (Lipinski definition) is 0. The minimum atomic E-state index is -0.498. The SMILES string of the molecule is COC(=O)c1cc(Cl)ccc1OCc1ccccc1Cl. The fraction of sp³-hybridized carbons (Fsp3) is 0.133. The minimum absolute atomic E-state index is 0.255. The topological polar surface area (TPSA) is 35.5 Å². The molecular weight excluding hydrogens is 299 g/mol. The predicted molar refractivity (Wildman–Crippen MR) is 78.6 cm³/mol. The first-order chi connectivity index (χ1) is 9.61. The van der Waals surface area contributed by atoms with Crippen LogP contribution in [0.3, 0.4) is 0 Å². The van der Waals surface area contributed by atoms with Gasteiger partial charge in [-0.05, 0) is 24.3 Å². The zero-order valence-corrected chi connectivity index (χ0v) is 12.2. The summed E-state index contributed by atoms with van der Waals surface area (Å²) in [4.78, 5) is 11.7. The van der Waals surface area contributed by atoms with Crippen LogP contribution in [-0.4, -0.2) is 13.1 Å². The number of hydrogen-bond acceptors (Lipinski definition) is 3. The molecule has 0 amide bonds. The van der Waals surface area contributed by atoms with Gasteiger partial charge in [-0.3, -0.25) is 0 Å². The van der Waals surface area contributed by atoms with E-state index in [2.05, 4.69) is 0 Å². The number of benzene rings is 2. The van der Waals surface area contributed by atoms with Crippen LogP contribution in [0.4, 0.5) is 0 Å².